The lowest BCUT2D eigenvalue weighted by Crippen LogP contribution is -2.40. The van der Waals surface area contributed by atoms with Gasteiger partial charge in [-0.25, -0.2) is 13.1 Å². The van der Waals surface area contributed by atoms with E-state index in [1.54, 1.807) is 0 Å². The monoisotopic (exact) mass is 306 g/mol. The summed E-state index contributed by atoms with van der Waals surface area (Å²) < 4.78 is 24.0. The van der Waals surface area contributed by atoms with Gasteiger partial charge in [0.15, 0.2) is 0 Å². The van der Waals surface area contributed by atoms with Crippen molar-refractivity contribution in [1.29, 1.82) is 0 Å². The first kappa shape index (κ1) is 16.9. The Labute approximate surface area is 119 Å². The molecule has 1 aliphatic carbocycles. The Morgan fingerprint density at radius 3 is 2.30 bits per heavy atom. The third-order valence-corrected chi connectivity index (χ3v) is 4.17. The predicted molar refractivity (Wildman–Crippen MR) is 73.6 cm³/mol. The van der Waals surface area contributed by atoms with Crippen LogP contribution in [0, 0.1) is 11.8 Å². The molecule has 8 heteroatoms. The molecule has 0 aromatic carbocycles. The molecule has 0 aromatic rings. The number of aliphatic carboxylic acids is 1. The Kier molecular flexibility index (Phi) is 6.41. The van der Waals surface area contributed by atoms with Crippen LogP contribution in [-0.4, -0.2) is 44.7 Å². The maximum Gasteiger partial charge on any atom is 0.307 e. The molecule has 7 nitrogen and oxygen atoms in total. The molecule has 3 N–H and O–H groups in total. The Morgan fingerprint density at radius 2 is 1.75 bits per heavy atom. The molecule has 1 amide bonds. The van der Waals surface area contributed by atoms with E-state index in [-0.39, 0.29) is 12.5 Å². The van der Waals surface area contributed by atoms with Crippen molar-refractivity contribution in [2.45, 2.75) is 32.1 Å². The molecule has 1 saturated carbocycles. The summed E-state index contributed by atoms with van der Waals surface area (Å²) in [7, 11) is -3.21. The van der Waals surface area contributed by atoms with Crippen molar-refractivity contribution in [3.63, 3.8) is 0 Å². The van der Waals surface area contributed by atoms with Crippen molar-refractivity contribution in [3.8, 4) is 0 Å². The van der Waals surface area contributed by atoms with Crippen LogP contribution in [0.2, 0.25) is 0 Å². The highest BCUT2D eigenvalue weighted by atomic mass is 32.2. The molecule has 0 saturated heterocycles. The van der Waals surface area contributed by atoms with E-state index in [2.05, 4.69) is 10.0 Å². The Balaban J connectivity index is 2.32. The normalized spacial score (nSPS) is 23.2. The average Bonchev–Trinajstić information content (AvgIpc) is 2.36. The first-order valence-electron chi connectivity index (χ1n) is 6.76. The van der Waals surface area contributed by atoms with Gasteiger partial charge in [0, 0.05) is 13.1 Å². The van der Waals surface area contributed by atoms with Gasteiger partial charge in [0.25, 0.3) is 0 Å². The van der Waals surface area contributed by atoms with E-state index in [1.165, 1.54) is 0 Å². The van der Waals surface area contributed by atoms with Gasteiger partial charge in [-0.15, -0.1) is 0 Å². The zero-order valence-electron chi connectivity index (χ0n) is 11.6. The minimum Gasteiger partial charge on any atom is -0.481 e. The van der Waals surface area contributed by atoms with E-state index in [0.717, 1.165) is 19.1 Å². The first-order valence-corrected chi connectivity index (χ1v) is 8.65. The summed E-state index contributed by atoms with van der Waals surface area (Å²) in [5, 5.41) is 11.8. The van der Waals surface area contributed by atoms with Crippen molar-refractivity contribution >= 4 is 21.9 Å². The predicted octanol–water partition coefficient (Wildman–Crippen LogP) is -0.0671. The third-order valence-electron chi connectivity index (χ3n) is 3.44. The molecular weight excluding hydrogens is 284 g/mol. The van der Waals surface area contributed by atoms with Gasteiger partial charge in [-0.1, -0.05) is 12.8 Å². The molecule has 1 fully saturated rings. The fourth-order valence-corrected chi connectivity index (χ4v) is 2.94. The van der Waals surface area contributed by atoms with Crippen molar-refractivity contribution in [3.05, 3.63) is 0 Å². The number of rotatable bonds is 7. The highest BCUT2D eigenvalue weighted by Crippen LogP contribution is 2.30. The number of sulfonamides is 1. The molecule has 0 aromatic heterocycles. The Bertz CT molecular complexity index is 449. The number of carbonyl (C=O) groups excluding carboxylic acids is 1. The molecule has 1 aliphatic rings. The molecule has 0 bridgehead atoms. The van der Waals surface area contributed by atoms with Gasteiger partial charge >= 0.3 is 5.97 Å². The first-order chi connectivity index (χ1) is 9.31. The number of amides is 1. The van der Waals surface area contributed by atoms with Crippen molar-refractivity contribution in [1.82, 2.24) is 10.0 Å². The lowest BCUT2D eigenvalue weighted by Gasteiger charge is -2.27. The smallest absolute Gasteiger partial charge is 0.307 e. The van der Waals surface area contributed by atoms with Gasteiger partial charge in [0.2, 0.25) is 15.9 Å². The van der Waals surface area contributed by atoms with Crippen LogP contribution in [0.15, 0.2) is 0 Å². The van der Waals surface area contributed by atoms with Crippen LogP contribution in [0.5, 0.6) is 0 Å². The maximum atomic E-state index is 12.0. The molecule has 2 atom stereocenters. The van der Waals surface area contributed by atoms with Crippen LogP contribution in [0.4, 0.5) is 0 Å². The number of carboxylic acid groups (broad SMARTS) is 1. The van der Waals surface area contributed by atoms with Crippen molar-refractivity contribution in [2.75, 3.05) is 19.3 Å². The third kappa shape index (κ3) is 5.87. The minimum atomic E-state index is -3.21. The van der Waals surface area contributed by atoms with E-state index in [9.17, 15) is 18.0 Å². The molecule has 116 valence electrons. The lowest BCUT2D eigenvalue weighted by atomic mass is 9.79. The van der Waals surface area contributed by atoms with Crippen molar-refractivity contribution < 1.29 is 23.1 Å². The number of hydrogen-bond acceptors (Lipinski definition) is 4. The van der Waals surface area contributed by atoms with E-state index < -0.39 is 27.8 Å². The molecular formula is C12H22N2O5S. The maximum absolute atomic E-state index is 12.0. The van der Waals surface area contributed by atoms with E-state index in [4.69, 9.17) is 5.11 Å². The number of hydrogen-bond donors (Lipinski definition) is 3. The topological polar surface area (TPSA) is 113 Å². The molecule has 1 rings (SSSR count). The number of carboxylic acids is 1. The second-order valence-electron chi connectivity index (χ2n) is 5.15. The second-order valence-corrected chi connectivity index (χ2v) is 6.98. The van der Waals surface area contributed by atoms with Crippen LogP contribution in [0.1, 0.15) is 32.1 Å². The summed E-state index contributed by atoms with van der Waals surface area (Å²) in [6, 6.07) is 0. The summed E-state index contributed by atoms with van der Waals surface area (Å²) in [6.07, 6.45) is 4.41. The van der Waals surface area contributed by atoms with E-state index in [1.807, 2.05) is 0 Å². The number of nitrogens with one attached hydrogen (secondary N) is 2. The average molecular weight is 306 g/mol. The fourth-order valence-electron chi connectivity index (χ4n) is 2.43. The highest BCUT2D eigenvalue weighted by Gasteiger charge is 2.35. The summed E-state index contributed by atoms with van der Waals surface area (Å²) in [5.41, 5.74) is 0. The van der Waals surface area contributed by atoms with Gasteiger partial charge in [0.1, 0.15) is 0 Å². The molecule has 0 heterocycles. The fraction of sp³-hybridized carbons (Fsp3) is 0.833. The Morgan fingerprint density at radius 1 is 1.15 bits per heavy atom. The molecule has 0 aliphatic heterocycles. The zero-order chi connectivity index (χ0) is 15.2. The Hall–Kier alpha value is -1.15. The molecule has 2 unspecified atom stereocenters. The van der Waals surface area contributed by atoms with E-state index in [0.29, 0.717) is 25.8 Å². The van der Waals surface area contributed by atoms with Crippen molar-refractivity contribution in [2.24, 2.45) is 11.8 Å². The van der Waals surface area contributed by atoms with Gasteiger partial charge in [-0.3, -0.25) is 9.59 Å². The largest absolute Gasteiger partial charge is 0.481 e. The summed E-state index contributed by atoms with van der Waals surface area (Å²) >= 11 is 0. The lowest BCUT2D eigenvalue weighted by molar-refractivity contribution is -0.148. The second kappa shape index (κ2) is 7.58. The van der Waals surface area contributed by atoms with Crippen LogP contribution in [-0.2, 0) is 19.6 Å². The van der Waals surface area contributed by atoms with Crippen LogP contribution < -0.4 is 10.0 Å². The standard InChI is InChI=1S/C12H22N2O5S/c1-20(18,19)14-8-4-7-13-11(15)9-5-2-3-6-10(9)12(16)17/h9-10,14H,2-8H2,1H3,(H,13,15)(H,16,17). The highest BCUT2D eigenvalue weighted by molar-refractivity contribution is 7.88. The van der Waals surface area contributed by atoms with Gasteiger partial charge in [0.05, 0.1) is 18.1 Å². The quantitative estimate of drug-likeness (QED) is 0.570. The zero-order valence-corrected chi connectivity index (χ0v) is 12.4. The molecule has 0 radical (unpaired) electrons. The molecule has 20 heavy (non-hydrogen) atoms. The number of carbonyl (C=O) groups is 2. The van der Waals surface area contributed by atoms with Gasteiger partial charge < -0.3 is 10.4 Å². The minimum absolute atomic E-state index is 0.239. The van der Waals surface area contributed by atoms with Gasteiger partial charge in [-0.05, 0) is 19.3 Å². The summed E-state index contributed by atoms with van der Waals surface area (Å²) in [6.45, 7) is 0.594. The van der Waals surface area contributed by atoms with E-state index >= 15 is 0 Å². The van der Waals surface area contributed by atoms with Gasteiger partial charge in [-0.2, -0.15) is 0 Å². The van der Waals surface area contributed by atoms with Crippen LogP contribution in [0.25, 0.3) is 0 Å². The van der Waals surface area contributed by atoms with Crippen LogP contribution >= 0.6 is 0 Å². The summed E-state index contributed by atoms with van der Waals surface area (Å²) in [5.74, 6) is -2.22. The summed E-state index contributed by atoms with van der Waals surface area (Å²) in [4.78, 5) is 23.1. The van der Waals surface area contributed by atoms with Crippen LogP contribution in [0.3, 0.4) is 0 Å². The SMILES string of the molecule is CS(=O)(=O)NCCCNC(=O)C1CCCCC1C(=O)O. The molecule has 0 spiro atoms.